The smallest absolute Gasteiger partial charge is 0.320 e. The Morgan fingerprint density at radius 1 is 1.00 bits per heavy atom. The zero-order valence-electron chi connectivity index (χ0n) is 11.6. The Morgan fingerprint density at radius 2 is 1.62 bits per heavy atom. The molecule has 1 atom stereocenters. The Labute approximate surface area is 130 Å². The van der Waals surface area contributed by atoms with Crippen molar-refractivity contribution in [2.24, 2.45) is 5.73 Å². The Kier molecular flexibility index (Phi) is 4.44. The summed E-state index contributed by atoms with van der Waals surface area (Å²) in [4.78, 5) is 0. The first-order valence-electron chi connectivity index (χ1n) is 6.40. The molecule has 0 saturated carbocycles. The summed E-state index contributed by atoms with van der Waals surface area (Å²) in [5.74, 6) is 0. The van der Waals surface area contributed by atoms with Crippen molar-refractivity contribution < 1.29 is 13.2 Å². The van der Waals surface area contributed by atoms with Gasteiger partial charge >= 0.3 is 6.18 Å². The quantitative estimate of drug-likeness (QED) is 0.791. The van der Waals surface area contributed by atoms with Crippen LogP contribution in [0.2, 0.25) is 0 Å². The van der Waals surface area contributed by atoms with Gasteiger partial charge in [0.15, 0.2) is 0 Å². The van der Waals surface area contributed by atoms with E-state index < -0.39 is 17.8 Å². The molecule has 2 aromatic rings. The fourth-order valence-corrected chi connectivity index (χ4v) is 2.79. The minimum absolute atomic E-state index is 0.0924. The number of alkyl halides is 3. The molecule has 0 radical (unpaired) electrons. The van der Waals surface area contributed by atoms with Crippen LogP contribution in [0.5, 0.6) is 0 Å². The third-order valence-electron chi connectivity index (χ3n) is 3.48. The lowest BCUT2D eigenvalue weighted by Crippen LogP contribution is -2.19. The molecule has 0 aromatic heterocycles. The van der Waals surface area contributed by atoms with Gasteiger partial charge in [-0.25, -0.2) is 0 Å². The zero-order chi connectivity index (χ0) is 15.8. The third-order valence-corrected chi connectivity index (χ3v) is 4.34. The van der Waals surface area contributed by atoms with Crippen LogP contribution in [0.1, 0.15) is 33.9 Å². The number of hydrogen-bond acceptors (Lipinski definition) is 1. The fourth-order valence-electron chi connectivity index (χ4n) is 2.33. The predicted molar refractivity (Wildman–Crippen MR) is 81.1 cm³/mol. The third kappa shape index (κ3) is 3.30. The van der Waals surface area contributed by atoms with Crippen molar-refractivity contribution in [2.75, 3.05) is 0 Å². The van der Waals surface area contributed by atoms with Crippen molar-refractivity contribution in [2.45, 2.75) is 26.1 Å². The molecule has 1 unspecified atom stereocenters. The molecule has 0 bridgehead atoms. The van der Waals surface area contributed by atoms with Crippen LogP contribution in [0, 0.1) is 13.8 Å². The van der Waals surface area contributed by atoms with Crippen LogP contribution in [0.3, 0.4) is 0 Å². The van der Waals surface area contributed by atoms with Gasteiger partial charge in [-0.05, 0) is 48.2 Å². The van der Waals surface area contributed by atoms with E-state index in [1.807, 2.05) is 26.0 Å². The molecule has 2 N–H and O–H groups in total. The second kappa shape index (κ2) is 5.81. The van der Waals surface area contributed by atoms with Gasteiger partial charge in [-0.3, -0.25) is 0 Å². The molecule has 2 aromatic carbocycles. The van der Waals surface area contributed by atoms with Crippen molar-refractivity contribution in [3.8, 4) is 0 Å². The molecule has 0 heterocycles. The van der Waals surface area contributed by atoms with Gasteiger partial charge in [0.2, 0.25) is 0 Å². The second-order valence-electron chi connectivity index (χ2n) is 5.02. The lowest BCUT2D eigenvalue weighted by atomic mass is 9.91. The maximum Gasteiger partial charge on any atom is 0.416 e. The molecule has 0 spiro atoms. The maximum atomic E-state index is 13.1. The van der Waals surface area contributed by atoms with Crippen LogP contribution in [0.15, 0.2) is 40.9 Å². The predicted octanol–water partition coefficient (Wildman–Crippen LogP) is 5.13. The van der Waals surface area contributed by atoms with E-state index in [2.05, 4.69) is 15.9 Å². The number of aryl methyl sites for hydroxylation is 2. The van der Waals surface area contributed by atoms with E-state index in [-0.39, 0.29) is 5.56 Å². The van der Waals surface area contributed by atoms with Crippen LogP contribution < -0.4 is 5.73 Å². The van der Waals surface area contributed by atoms with Crippen molar-refractivity contribution in [3.05, 3.63) is 68.7 Å². The van der Waals surface area contributed by atoms with Gasteiger partial charge in [0, 0.05) is 4.47 Å². The van der Waals surface area contributed by atoms with E-state index in [0.717, 1.165) is 21.7 Å². The Bertz CT molecular complexity index is 665. The van der Waals surface area contributed by atoms with E-state index in [9.17, 15) is 13.2 Å². The second-order valence-corrected chi connectivity index (χ2v) is 5.87. The average Bonchev–Trinajstić information content (AvgIpc) is 2.41. The standard InChI is InChI=1S/C16H15BrF3N/c1-9-8-14(17)10(2)7-12(9)15(21)11-5-3-4-6-13(11)16(18,19)20/h3-8,15H,21H2,1-2H3. The summed E-state index contributed by atoms with van der Waals surface area (Å²) in [5, 5.41) is 0. The van der Waals surface area contributed by atoms with Gasteiger partial charge in [0.1, 0.15) is 0 Å². The normalized spacial score (nSPS) is 13.3. The Balaban J connectivity index is 2.56. The molecular formula is C16H15BrF3N. The van der Waals surface area contributed by atoms with Gasteiger partial charge in [-0.15, -0.1) is 0 Å². The summed E-state index contributed by atoms with van der Waals surface area (Å²) >= 11 is 3.41. The molecule has 0 aliphatic carbocycles. The molecule has 0 fully saturated rings. The van der Waals surface area contributed by atoms with E-state index >= 15 is 0 Å². The lowest BCUT2D eigenvalue weighted by Gasteiger charge is -2.21. The van der Waals surface area contributed by atoms with Crippen LogP contribution in [-0.4, -0.2) is 0 Å². The largest absolute Gasteiger partial charge is 0.416 e. The molecule has 0 amide bonds. The summed E-state index contributed by atoms with van der Waals surface area (Å²) in [6.45, 7) is 3.73. The van der Waals surface area contributed by atoms with E-state index in [1.54, 1.807) is 6.07 Å². The fraction of sp³-hybridized carbons (Fsp3) is 0.250. The summed E-state index contributed by atoms with van der Waals surface area (Å²) in [6.07, 6.45) is -4.41. The van der Waals surface area contributed by atoms with E-state index in [0.29, 0.717) is 5.56 Å². The summed E-state index contributed by atoms with van der Waals surface area (Å²) in [6, 6.07) is 8.34. The first-order valence-corrected chi connectivity index (χ1v) is 7.19. The molecule has 2 rings (SSSR count). The van der Waals surface area contributed by atoms with Gasteiger partial charge in [-0.1, -0.05) is 40.2 Å². The van der Waals surface area contributed by atoms with Gasteiger partial charge < -0.3 is 5.73 Å². The van der Waals surface area contributed by atoms with Crippen molar-refractivity contribution >= 4 is 15.9 Å². The lowest BCUT2D eigenvalue weighted by molar-refractivity contribution is -0.138. The molecule has 21 heavy (non-hydrogen) atoms. The highest BCUT2D eigenvalue weighted by Crippen LogP contribution is 2.37. The molecule has 5 heteroatoms. The average molecular weight is 358 g/mol. The van der Waals surface area contributed by atoms with E-state index in [1.165, 1.54) is 12.1 Å². The first kappa shape index (κ1) is 16.0. The Morgan fingerprint density at radius 3 is 2.24 bits per heavy atom. The van der Waals surface area contributed by atoms with Crippen molar-refractivity contribution in [1.82, 2.24) is 0 Å². The Hall–Kier alpha value is -1.33. The van der Waals surface area contributed by atoms with Gasteiger partial charge in [0.25, 0.3) is 0 Å². The van der Waals surface area contributed by atoms with Crippen LogP contribution in [0.4, 0.5) is 13.2 Å². The first-order chi connectivity index (χ1) is 9.71. The molecule has 112 valence electrons. The highest BCUT2D eigenvalue weighted by Gasteiger charge is 2.34. The number of rotatable bonds is 2. The monoisotopic (exact) mass is 357 g/mol. The minimum Gasteiger partial charge on any atom is -0.320 e. The maximum absolute atomic E-state index is 13.1. The highest BCUT2D eigenvalue weighted by molar-refractivity contribution is 9.10. The SMILES string of the molecule is Cc1cc(C(N)c2ccccc2C(F)(F)F)c(C)cc1Br. The van der Waals surface area contributed by atoms with Crippen molar-refractivity contribution in [3.63, 3.8) is 0 Å². The van der Waals surface area contributed by atoms with Gasteiger partial charge in [0.05, 0.1) is 11.6 Å². The number of halogens is 4. The summed E-state index contributed by atoms with van der Waals surface area (Å²) in [7, 11) is 0. The molecule has 0 aliphatic heterocycles. The number of benzene rings is 2. The van der Waals surface area contributed by atoms with Gasteiger partial charge in [-0.2, -0.15) is 13.2 Å². The molecular weight excluding hydrogens is 343 g/mol. The molecule has 0 saturated heterocycles. The molecule has 1 nitrogen and oxygen atoms in total. The van der Waals surface area contributed by atoms with Crippen LogP contribution in [0.25, 0.3) is 0 Å². The summed E-state index contributed by atoms with van der Waals surface area (Å²) < 4.78 is 40.2. The minimum atomic E-state index is -4.41. The highest BCUT2D eigenvalue weighted by atomic mass is 79.9. The molecule has 0 aliphatic rings. The van der Waals surface area contributed by atoms with E-state index in [4.69, 9.17) is 5.73 Å². The van der Waals surface area contributed by atoms with Crippen LogP contribution >= 0.6 is 15.9 Å². The zero-order valence-corrected chi connectivity index (χ0v) is 13.2. The number of nitrogens with two attached hydrogens (primary N) is 1. The van der Waals surface area contributed by atoms with Crippen LogP contribution in [-0.2, 0) is 6.18 Å². The number of hydrogen-bond donors (Lipinski definition) is 1. The van der Waals surface area contributed by atoms with Crippen molar-refractivity contribution in [1.29, 1.82) is 0 Å². The topological polar surface area (TPSA) is 26.0 Å². The summed E-state index contributed by atoms with van der Waals surface area (Å²) in [5.41, 5.74) is 8.03.